The fraction of sp³-hybridized carbons (Fsp3) is 0.941. The van der Waals surface area contributed by atoms with Crippen LogP contribution in [0.4, 0.5) is 0 Å². The van der Waals surface area contributed by atoms with Crippen molar-refractivity contribution < 1.29 is 4.79 Å². The second-order valence-corrected chi connectivity index (χ2v) is 7.24. The van der Waals surface area contributed by atoms with Gasteiger partial charge in [-0.05, 0) is 50.6 Å². The molecule has 1 unspecified atom stereocenters. The highest BCUT2D eigenvalue weighted by Crippen LogP contribution is 2.34. The zero-order chi connectivity index (χ0) is 15.3. The van der Waals surface area contributed by atoms with E-state index in [4.69, 9.17) is 5.73 Å². The van der Waals surface area contributed by atoms with E-state index in [1.54, 1.807) is 0 Å². The molecule has 0 aromatic heterocycles. The van der Waals surface area contributed by atoms with Gasteiger partial charge in [-0.3, -0.25) is 9.69 Å². The van der Waals surface area contributed by atoms with Gasteiger partial charge in [0.15, 0.2) is 0 Å². The molecule has 2 N–H and O–H groups in total. The lowest BCUT2D eigenvalue weighted by molar-refractivity contribution is -0.133. The smallest absolute Gasteiger partial charge is 0.224 e. The summed E-state index contributed by atoms with van der Waals surface area (Å²) in [5.74, 6) is 0.314. The molecule has 0 radical (unpaired) electrons. The Morgan fingerprint density at radius 1 is 1.14 bits per heavy atom. The molecule has 0 bridgehead atoms. The normalized spacial score (nSPS) is 24.8. The molecule has 2 fully saturated rings. The first-order valence-electron chi connectivity index (χ1n) is 8.80. The summed E-state index contributed by atoms with van der Waals surface area (Å²) in [6.07, 6.45) is 7.93. The average Bonchev–Trinajstić information content (AvgIpc) is 2.54. The lowest BCUT2D eigenvalue weighted by atomic mass is 9.78. The monoisotopic (exact) mass is 295 g/mol. The van der Waals surface area contributed by atoms with Crippen molar-refractivity contribution in [1.82, 2.24) is 9.80 Å². The number of hydrogen-bond acceptors (Lipinski definition) is 3. The van der Waals surface area contributed by atoms with Crippen LogP contribution >= 0.6 is 0 Å². The van der Waals surface area contributed by atoms with E-state index in [0.29, 0.717) is 24.3 Å². The van der Waals surface area contributed by atoms with Gasteiger partial charge in [0.2, 0.25) is 5.91 Å². The summed E-state index contributed by atoms with van der Waals surface area (Å²) in [6.45, 7) is 9.37. The van der Waals surface area contributed by atoms with Crippen LogP contribution < -0.4 is 5.73 Å². The molecular formula is C17H33N3O. The molecule has 4 heteroatoms. The Labute approximate surface area is 130 Å². The molecular weight excluding hydrogens is 262 g/mol. The predicted molar refractivity (Wildman–Crippen MR) is 87.1 cm³/mol. The molecule has 2 saturated heterocycles. The number of rotatable bonds is 5. The summed E-state index contributed by atoms with van der Waals surface area (Å²) < 4.78 is 0. The molecule has 0 aromatic rings. The number of carbonyl (C=O) groups is 1. The van der Waals surface area contributed by atoms with Crippen LogP contribution in [0.15, 0.2) is 0 Å². The van der Waals surface area contributed by atoms with Crippen molar-refractivity contribution in [3.05, 3.63) is 0 Å². The highest BCUT2D eigenvalue weighted by Gasteiger charge is 2.32. The fourth-order valence-corrected chi connectivity index (χ4v) is 3.62. The zero-order valence-electron chi connectivity index (χ0n) is 13.9. The number of carbonyl (C=O) groups excluding carboxylic acids is 1. The SMILES string of the molecule is CCC1(C)CCN(C(CN)CC(=O)N2CCCCC2)CC1. The number of piperidine rings is 2. The fourth-order valence-electron chi connectivity index (χ4n) is 3.62. The molecule has 2 heterocycles. The summed E-state index contributed by atoms with van der Waals surface area (Å²) in [5, 5.41) is 0. The van der Waals surface area contributed by atoms with Crippen molar-refractivity contribution >= 4 is 5.91 Å². The first kappa shape index (κ1) is 16.8. The van der Waals surface area contributed by atoms with Crippen molar-refractivity contribution in [2.75, 3.05) is 32.7 Å². The number of hydrogen-bond donors (Lipinski definition) is 1. The van der Waals surface area contributed by atoms with Crippen LogP contribution in [0.25, 0.3) is 0 Å². The third-order valence-corrected chi connectivity index (χ3v) is 5.77. The maximum Gasteiger partial charge on any atom is 0.224 e. The second kappa shape index (κ2) is 7.59. The molecule has 2 aliphatic rings. The molecule has 2 rings (SSSR count). The Balaban J connectivity index is 1.84. The van der Waals surface area contributed by atoms with Gasteiger partial charge in [0.1, 0.15) is 0 Å². The van der Waals surface area contributed by atoms with Crippen molar-refractivity contribution in [3.8, 4) is 0 Å². The van der Waals surface area contributed by atoms with Crippen molar-refractivity contribution in [2.24, 2.45) is 11.1 Å². The van der Waals surface area contributed by atoms with Gasteiger partial charge in [-0.25, -0.2) is 0 Å². The quantitative estimate of drug-likeness (QED) is 0.846. The van der Waals surface area contributed by atoms with E-state index in [1.165, 1.54) is 25.7 Å². The predicted octanol–water partition coefficient (Wildman–Crippen LogP) is 2.23. The summed E-state index contributed by atoms with van der Waals surface area (Å²) in [5.41, 5.74) is 6.46. The van der Waals surface area contributed by atoms with E-state index in [1.807, 2.05) is 4.90 Å². The van der Waals surface area contributed by atoms with Crippen LogP contribution in [0.2, 0.25) is 0 Å². The van der Waals surface area contributed by atoms with E-state index in [0.717, 1.165) is 39.0 Å². The van der Waals surface area contributed by atoms with Gasteiger partial charge in [0, 0.05) is 32.1 Å². The van der Waals surface area contributed by atoms with Gasteiger partial charge >= 0.3 is 0 Å². The number of likely N-dealkylation sites (tertiary alicyclic amines) is 2. The third-order valence-electron chi connectivity index (χ3n) is 5.77. The summed E-state index contributed by atoms with van der Waals surface area (Å²) in [6, 6.07) is 0.237. The number of nitrogens with zero attached hydrogens (tertiary/aromatic N) is 2. The Morgan fingerprint density at radius 2 is 1.76 bits per heavy atom. The van der Waals surface area contributed by atoms with Gasteiger partial charge in [-0.1, -0.05) is 20.3 Å². The Hall–Kier alpha value is -0.610. The highest BCUT2D eigenvalue weighted by atomic mass is 16.2. The molecule has 0 spiro atoms. The number of amides is 1. The van der Waals surface area contributed by atoms with Crippen LogP contribution in [-0.2, 0) is 4.79 Å². The summed E-state index contributed by atoms with van der Waals surface area (Å²) >= 11 is 0. The lowest BCUT2D eigenvalue weighted by Gasteiger charge is -2.42. The minimum Gasteiger partial charge on any atom is -0.343 e. The molecule has 1 atom stereocenters. The molecule has 0 aromatic carbocycles. The summed E-state index contributed by atoms with van der Waals surface area (Å²) in [4.78, 5) is 16.9. The van der Waals surface area contributed by atoms with Gasteiger partial charge < -0.3 is 10.6 Å². The standard InChI is InChI=1S/C17H33N3O/c1-3-17(2)7-11-19(12-8-17)15(14-18)13-16(21)20-9-5-4-6-10-20/h15H,3-14,18H2,1-2H3. The lowest BCUT2D eigenvalue weighted by Crippen LogP contribution is -2.49. The summed E-state index contributed by atoms with van der Waals surface area (Å²) in [7, 11) is 0. The van der Waals surface area contributed by atoms with Crippen molar-refractivity contribution in [2.45, 2.75) is 64.8 Å². The maximum absolute atomic E-state index is 12.4. The minimum absolute atomic E-state index is 0.237. The van der Waals surface area contributed by atoms with E-state index < -0.39 is 0 Å². The largest absolute Gasteiger partial charge is 0.343 e. The van der Waals surface area contributed by atoms with Gasteiger partial charge in [0.05, 0.1) is 0 Å². The Morgan fingerprint density at radius 3 is 2.29 bits per heavy atom. The van der Waals surface area contributed by atoms with E-state index in [9.17, 15) is 4.79 Å². The molecule has 122 valence electrons. The topological polar surface area (TPSA) is 49.6 Å². The van der Waals surface area contributed by atoms with Crippen molar-refractivity contribution in [1.29, 1.82) is 0 Å². The molecule has 0 aliphatic carbocycles. The first-order valence-corrected chi connectivity index (χ1v) is 8.80. The highest BCUT2D eigenvalue weighted by molar-refractivity contribution is 5.77. The van der Waals surface area contributed by atoms with Crippen LogP contribution in [-0.4, -0.2) is 54.5 Å². The second-order valence-electron chi connectivity index (χ2n) is 7.24. The maximum atomic E-state index is 12.4. The van der Waals surface area contributed by atoms with Gasteiger partial charge in [0.25, 0.3) is 0 Å². The molecule has 21 heavy (non-hydrogen) atoms. The molecule has 2 aliphatic heterocycles. The Kier molecular flexibility index (Phi) is 6.06. The zero-order valence-corrected chi connectivity index (χ0v) is 13.9. The molecule has 0 saturated carbocycles. The average molecular weight is 295 g/mol. The third kappa shape index (κ3) is 4.43. The van der Waals surface area contributed by atoms with Crippen LogP contribution in [0.3, 0.4) is 0 Å². The van der Waals surface area contributed by atoms with E-state index in [-0.39, 0.29) is 6.04 Å². The molecule has 1 amide bonds. The minimum atomic E-state index is 0.237. The van der Waals surface area contributed by atoms with Gasteiger partial charge in [-0.15, -0.1) is 0 Å². The van der Waals surface area contributed by atoms with Crippen LogP contribution in [0.5, 0.6) is 0 Å². The van der Waals surface area contributed by atoms with E-state index >= 15 is 0 Å². The van der Waals surface area contributed by atoms with Crippen molar-refractivity contribution in [3.63, 3.8) is 0 Å². The van der Waals surface area contributed by atoms with Gasteiger partial charge in [-0.2, -0.15) is 0 Å². The van der Waals surface area contributed by atoms with Crippen LogP contribution in [0.1, 0.15) is 58.8 Å². The number of nitrogens with two attached hydrogens (primary N) is 1. The van der Waals surface area contributed by atoms with E-state index in [2.05, 4.69) is 18.7 Å². The first-order chi connectivity index (χ1) is 10.1. The van der Waals surface area contributed by atoms with Crippen LogP contribution in [0, 0.1) is 5.41 Å². The molecule has 4 nitrogen and oxygen atoms in total. The Bertz CT molecular complexity index is 331.